The Balaban J connectivity index is 2.46. The van der Waals surface area contributed by atoms with Crippen LogP contribution in [-0.2, 0) is 4.74 Å². The van der Waals surface area contributed by atoms with Crippen LogP contribution >= 0.6 is 27.7 Å². The fraction of sp³-hybridized carbons (Fsp3) is 0.444. The Kier molecular flexibility index (Phi) is 5.11. The standard InChI is InChI=1S/C9H11BrO3S/c1-12-9(11)7-3-4-8(13-7)14-6-2-5-10/h3-4H,2,5-6H2,1H3. The topological polar surface area (TPSA) is 39.4 Å². The van der Waals surface area contributed by atoms with Crippen molar-refractivity contribution in [1.29, 1.82) is 0 Å². The maximum absolute atomic E-state index is 11.0. The first-order valence-corrected chi connectivity index (χ1v) is 6.25. The monoisotopic (exact) mass is 278 g/mol. The van der Waals surface area contributed by atoms with Gasteiger partial charge in [-0.1, -0.05) is 27.7 Å². The van der Waals surface area contributed by atoms with Crippen LogP contribution in [-0.4, -0.2) is 24.2 Å². The summed E-state index contributed by atoms with van der Waals surface area (Å²) < 4.78 is 9.78. The van der Waals surface area contributed by atoms with Crippen LogP contribution in [0.4, 0.5) is 0 Å². The van der Waals surface area contributed by atoms with Crippen LogP contribution in [0.5, 0.6) is 0 Å². The van der Waals surface area contributed by atoms with Crippen molar-refractivity contribution in [2.75, 3.05) is 18.2 Å². The molecule has 0 saturated carbocycles. The molecule has 5 heteroatoms. The lowest BCUT2D eigenvalue weighted by Crippen LogP contribution is -1.98. The number of halogens is 1. The average molecular weight is 279 g/mol. The van der Waals surface area contributed by atoms with Crippen molar-refractivity contribution in [3.63, 3.8) is 0 Å². The van der Waals surface area contributed by atoms with E-state index in [1.165, 1.54) is 7.11 Å². The van der Waals surface area contributed by atoms with Gasteiger partial charge in [-0.15, -0.1) is 0 Å². The third-order valence-corrected chi connectivity index (χ3v) is 3.05. The quantitative estimate of drug-likeness (QED) is 0.359. The summed E-state index contributed by atoms with van der Waals surface area (Å²) in [4.78, 5) is 11.0. The number of hydrogen-bond acceptors (Lipinski definition) is 4. The maximum atomic E-state index is 11.0. The van der Waals surface area contributed by atoms with Gasteiger partial charge in [0.1, 0.15) is 0 Å². The van der Waals surface area contributed by atoms with E-state index in [9.17, 15) is 4.79 Å². The first-order valence-electron chi connectivity index (χ1n) is 4.15. The molecule has 78 valence electrons. The molecule has 1 aromatic heterocycles. The van der Waals surface area contributed by atoms with Crippen LogP contribution in [0.15, 0.2) is 21.6 Å². The Morgan fingerprint density at radius 2 is 2.43 bits per heavy atom. The number of rotatable bonds is 5. The molecule has 1 heterocycles. The number of furan rings is 1. The van der Waals surface area contributed by atoms with Crippen molar-refractivity contribution in [1.82, 2.24) is 0 Å². The first kappa shape index (κ1) is 11.7. The molecule has 0 amide bonds. The zero-order valence-corrected chi connectivity index (χ0v) is 10.2. The molecule has 0 unspecified atom stereocenters. The molecule has 0 N–H and O–H groups in total. The van der Waals surface area contributed by atoms with Crippen LogP contribution < -0.4 is 0 Å². The Morgan fingerprint density at radius 1 is 1.64 bits per heavy atom. The molecular formula is C9H11BrO3S. The molecule has 0 bridgehead atoms. The van der Waals surface area contributed by atoms with Gasteiger partial charge in [-0.2, -0.15) is 0 Å². The molecule has 0 aliphatic carbocycles. The number of carbonyl (C=O) groups excluding carboxylic acids is 1. The summed E-state index contributed by atoms with van der Waals surface area (Å²) in [5.41, 5.74) is 0. The molecular weight excluding hydrogens is 268 g/mol. The van der Waals surface area contributed by atoms with Crippen LogP contribution in [0.25, 0.3) is 0 Å². The van der Waals surface area contributed by atoms with Gasteiger partial charge < -0.3 is 9.15 Å². The van der Waals surface area contributed by atoms with Gasteiger partial charge in [-0.25, -0.2) is 4.79 Å². The minimum absolute atomic E-state index is 0.258. The fourth-order valence-corrected chi connectivity index (χ4v) is 2.29. The van der Waals surface area contributed by atoms with Gasteiger partial charge in [0.25, 0.3) is 0 Å². The van der Waals surface area contributed by atoms with E-state index >= 15 is 0 Å². The van der Waals surface area contributed by atoms with E-state index in [-0.39, 0.29) is 5.76 Å². The highest BCUT2D eigenvalue weighted by atomic mass is 79.9. The summed E-state index contributed by atoms with van der Waals surface area (Å²) in [6.07, 6.45) is 1.07. The molecule has 0 aliphatic rings. The van der Waals surface area contributed by atoms with Gasteiger partial charge in [0.2, 0.25) is 5.76 Å². The molecule has 0 spiro atoms. The van der Waals surface area contributed by atoms with Crippen LogP contribution in [0.2, 0.25) is 0 Å². The zero-order valence-electron chi connectivity index (χ0n) is 7.79. The van der Waals surface area contributed by atoms with E-state index in [1.54, 1.807) is 23.9 Å². The Hall–Kier alpha value is -0.420. The summed E-state index contributed by atoms with van der Waals surface area (Å²) in [5.74, 6) is 0.797. The van der Waals surface area contributed by atoms with Crippen molar-refractivity contribution >= 4 is 33.7 Å². The number of alkyl halides is 1. The maximum Gasteiger partial charge on any atom is 0.373 e. The first-order chi connectivity index (χ1) is 6.77. The van der Waals surface area contributed by atoms with Crippen molar-refractivity contribution in [3.05, 3.63) is 17.9 Å². The number of hydrogen-bond donors (Lipinski definition) is 0. The summed E-state index contributed by atoms with van der Waals surface area (Å²) in [5, 5.41) is 1.73. The predicted octanol–water partition coefficient (Wildman–Crippen LogP) is 2.94. The molecule has 0 radical (unpaired) electrons. The Morgan fingerprint density at radius 3 is 3.07 bits per heavy atom. The van der Waals surface area contributed by atoms with E-state index in [1.807, 2.05) is 0 Å². The number of carbonyl (C=O) groups is 1. The van der Waals surface area contributed by atoms with Crippen LogP contribution in [0.3, 0.4) is 0 Å². The highest BCUT2D eigenvalue weighted by Gasteiger charge is 2.10. The smallest absolute Gasteiger partial charge is 0.373 e. The van der Waals surface area contributed by atoms with E-state index in [0.717, 1.165) is 22.6 Å². The Labute approximate surface area is 95.3 Å². The third kappa shape index (κ3) is 3.38. The second kappa shape index (κ2) is 6.14. The van der Waals surface area contributed by atoms with E-state index in [4.69, 9.17) is 4.42 Å². The molecule has 0 aliphatic heterocycles. The number of esters is 1. The second-order valence-electron chi connectivity index (χ2n) is 2.50. The fourth-order valence-electron chi connectivity index (χ4n) is 0.835. The second-order valence-corrected chi connectivity index (χ2v) is 4.39. The lowest BCUT2D eigenvalue weighted by Gasteiger charge is -1.95. The van der Waals surface area contributed by atoms with Crippen molar-refractivity contribution < 1.29 is 13.9 Å². The third-order valence-electron chi connectivity index (χ3n) is 1.49. The molecule has 14 heavy (non-hydrogen) atoms. The van der Waals surface area contributed by atoms with E-state index < -0.39 is 5.97 Å². The van der Waals surface area contributed by atoms with E-state index in [2.05, 4.69) is 20.7 Å². The summed E-state index contributed by atoms with van der Waals surface area (Å²) in [6, 6.07) is 3.41. The van der Waals surface area contributed by atoms with Gasteiger partial charge in [-0.3, -0.25) is 0 Å². The minimum Gasteiger partial charge on any atom is -0.463 e. The molecule has 0 fully saturated rings. The highest BCUT2D eigenvalue weighted by molar-refractivity contribution is 9.09. The van der Waals surface area contributed by atoms with Crippen molar-refractivity contribution in [2.24, 2.45) is 0 Å². The van der Waals surface area contributed by atoms with Gasteiger partial charge in [0.05, 0.1) is 7.11 Å². The number of methoxy groups -OCH3 is 1. The molecule has 1 rings (SSSR count). The van der Waals surface area contributed by atoms with Crippen LogP contribution in [0, 0.1) is 0 Å². The van der Waals surface area contributed by atoms with Crippen molar-refractivity contribution in [2.45, 2.75) is 11.5 Å². The van der Waals surface area contributed by atoms with Gasteiger partial charge >= 0.3 is 5.97 Å². The lowest BCUT2D eigenvalue weighted by molar-refractivity contribution is 0.0559. The van der Waals surface area contributed by atoms with Gasteiger partial charge in [0.15, 0.2) is 5.09 Å². The molecule has 0 saturated heterocycles. The lowest BCUT2D eigenvalue weighted by atomic mass is 10.5. The SMILES string of the molecule is COC(=O)c1ccc(SCCCBr)o1. The summed E-state index contributed by atoms with van der Waals surface area (Å²) >= 11 is 4.93. The largest absolute Gasteiger partial charge is 0.463 e. The minimum atomic E-state index is -0.433. The number of ether oxygens (including phenoxy) is 1. The molecule has 0 aromatic carbocycles. The van der Waals surface area contributed by atoms with E-state index in [0.29, 0.717) is 0 Å². The molecule has 0 atom stereocenters. The molecule has 1 aromatic rings. The summed E-state index contributed by atoms with van der Waals surface area (Å²) in [7, 11) is 1.34. The highest BCUT2D eigenvalue weighted by Crippen LogP contribution is 2.22. The van der Waals surface area contributed by atoms with Gasteiger partial charge in [0, 0.05) is 11.1 Å². The summed E-state index contributed by atoms with van der Waals surface area (Å²) in [6.45, 7) is 0. The Bertz CT molecular complexity index is 298. The zero-order chi connectivity index (χ0) is 10.4. The molecule has 3 nitrogen and oxygen atoms in total. The normalized spacial score (nSPS) is 10.1. The van der Waals surface area contributed by atoms with Crippen LogP contribution in [0.1, 0.15) is 17.0 Å². The number of thioether (sulfide) groups is 1. The van der Waals surface area contributed by atoms with Gasteiger partial charge in [-0.05, 0) is 18.6 Å². The average Bonchev–Trinajstić information content (AvgIpc) is 2.66. The predicted molar refractivity (Wildman–Crippen MR) is 59.2 cm³/mol. The van der Waals surface area contributed by atoms with Crippen molar-refractivity contribution in [3.8, 4) is 0 Å².